The molecule has 3 rings (SSSR count). The van der Waals surface area contributed by atoms with Crippen LogP contribution in [0.4, 0.5) is 11.4 Å². The predicted molar refractivity (Wildman–Crippen MR) is 111 cm³/mol. The number of pyridine rings is 1. The van der Waals surface area contributed by atoms with Gasteiger partial charge in [0.15, 0.2) is 0 Å². The van der Waals surface area contributed by atoms with Crippen LogP contribution in [0.1, 0.15) is 26.4 Å². The summed E-state index contributed by atoms with van der Waals surface area (Å²) >= 11 is 0. The molecule has 4 N–H and O–H groups in total. The van der Waals surface area contributed by atoms with Crippen LogP contribution in [-0.2, 0) is 6.54 Å². The zero-order chi connectivity index (χ0) is 20.6. The monoisotopic (exact) mass is 390 g/mol. The van der Waals surface area contributed by atoms with Crippen LogP contribution in [0.2, 0.25) is 0 Å². The first-order chi connectivity index (χ1) is 14.1. The summed E-state index contributed by atoms with van der Waals surface area (Å²) < 4.78 is 0. The van der Waals surface area contributed by atoms with Gasteiger partial charge in [0.2, 0.25) is 0 Å². The van der Waals surface area contributed by atoms with Crippen LogP contribution in [0.5, 0.6) is 0 Å². The number of anilines is 2. The Balaban J connectivity index is 1.71. The van der Waals surface area contributed by atoms with Gasteiger partial charge in [-0.05, 0) is 29.8 Å². The average Bonchev–Trinajstić information content (AvgIpc) is 2.75. The molecule has 2 aromatic carbocycles. The van der Waals surface area contributed by atoms with Gasteiger partial charge >= 0.3 is 0 Å². The highest BCUT2D eigenvalue weighted by Crippen LogP contribution is 2.17. The lowest BCUT2D eigenvalue weighted by Crippen LogP contribution is -2.33. The van der Waals surface area contributed by atoms with Gasteiger partial charge in [-0.25, -0.2) is 0 Å². The Kier molecular flexibility index (Phi) is 6.55. The second kappa shape index (κ2) is 9.48. The van der Waals surface area contributed by atoms with Gasteiger partial charge in [-0.3, -0.25) is 14.6 Å². The van der Waals surface area contributed by atoms with Gasteiger partial charge in [0.05, 0.1) is 23.5 Å². The third-order valence-electron chi connectivity index (χ3n) is 4.33. The molecule has 0 fully saturated rings. The van der Waals surface area contributed by atoms with E-state index in [2.05, 4.69) is 10.3 Å². The Morgan fingerprint density at radius 2 is 1.72 bits per heavy atom. The Labute approximate surface area is 168 Å². The van der Waals surface area contributed by atoms with Gasteiger partial charge in [-0.15, -0.1) is 0 Å². The number of hydrogen-bond donors (Lipinski definition) is 3. The molecule has 1 heterocycles. The maximum atomic E-state index is 12.8. The molecule has 0 aliphatic carbocycles. The number of nitrogen functional groups attached to an aromatic ring is 1. The third kappa shape index (κ3) is 5.18. The van der Waals surface area contributed by atoms with Crippen LogP contribution in [-0.4, -0.2) is 40.0 Å². The lowest BCUT2D eigenvalue weighted by molar-refractivity contribution is 0.0707. The SMILES string of the molecule is Nc1ccccc1NC(=O)c1ccc(C(=O)N(CCO)Cc2ccccc2)cn1. The Bertz CT molecular complexity index is 975. The molecule has 0 saturated heterocycles. The number of aromatic nitrogens is 1. The fourth-order valence-corrected chi connectivity index (χ4v) is 2.81. The zero-order valence-electron chi connectivity index (χ0n) is 15.8. The molecule has 0 atom stereocenters. The minimum atomic E-state index is -0.418. The Morgan fingerprint density at radius 3 is 2.38 bits per heavy atom. The van der Waals surface area contributed by atoms with Crippen molar-refractivity contribution in [2.45, 2.75) is 6.54 Å². The molecule has 1 aromatic heterocycles. The van der Waals surface area contributed by atoms with Crippen molar-refractivity contribution in [1.29, 1.82) is 0 Å². The normalized spacial score (nSPS) is 10.4. The number of benzene rings is 2. The maximum absolute atomic E-state index is 12.8. The van der Waals surface area contributed by atoms with E-state index in [1.807, 2.05) is 30.3 Å². The van der Waals surface area contributed by atoms with E-state index in [-0.39, 0.29) is 24.8 Å². The summed E-state index contributed by atoms with van der Waals surface area (Å²) in [6.07, 6.45) is 1.36. The lowest BCUT2D eigenvalue weighted by atomic mass is 10.1. The minimum absolute atomic E-state index is 0.148. The summed E-state index contributed by atoms with van der Waals surface area (Å²) in [4.78, 5) is 30.8. The number of carbonyl (C=O) groups excluding carboxylic acids is 2. The average molecular weight is 390 g/mol. The molecule has 3 aromatic rings. The van der Waals surface area contributed by atoms with E-state index in [9.17, 15) is 14.7 Å². The van der Waals surface area contributed by atoms with Crippen molar-refractivity contribution in [2.24, 2.45) is 0 Å². The van der Waals surface area contributed by atoms with Crippen molar-refractivity contribution in [3.63, 3.8) is 0 Å². The summed E-state index contributed by atoms with van der Waals surface area (Å²) in [5.41, 5.74) is 8.24. The molecule has 0 aliphatic heterocycles. The molecule has 0 radical (unpaired) electrons. The molecule has 7 nitrogen and oxygen atoms in total. The number of rotatable bonds is 7. The number of para-hydroxylation sites is 2. The summed E-state index contributed by atoms with van der Waals surface area (Å²) in [6.45, 7) is 0.421. The topological polar surface area (TPSA) is 109 Å². The first kappa shape index (κ1) is 20.0. The van der Waals surface area contributed by atoms with Gasteiger partial charge in [-0.1, -0.05) is 42.5 Å². The van der Waals surface area contributed by atoms with E-state index in [1.165, 1.54) is 17.2 Å². The van der Waals surface area contributed by atoms with Crippen LogP contribution in [0.15, 0.2) is 72.9 Å². The molecule has 0 unspecified atom stereocenters. The summed E-state index contributed by atoms with van der Waals surface area (Å²) in [5.74, 6) is -0.687. The molecule has 0 spiro atoms. The summed E-state index contributed by atoms with van der Waals surface area (Å²) in [6, 6.07) is 19.5. The fourth-order valence-electron chi connectivity index (χ4n) is 2.81. The van der Waals surface area contributed by atoms with Crippen molar-refractivity contribution in [3.8, 4) is 0 Å². The Hall–Kier alpha value is -3.71. The van der Waals surface area contributed by atoms with Gasteiger partial charge in [0.25, 0.3) is 11.8 Å². The molecule has 29 heavy (non-hydrogen) atoms. The summed E-state index contributed by atoms with van der Waals surface area (Å²) in [7, 11) is 0. The number of nitrogens with one attached hydrogen (secondary N) is 1. The van der Waals surface area contributed by atoms with Crippen molar-refractivity contribution >= 4 is 23.2 Å². The van der Waals surface area contributed by atoms with Gasteiger partial charge in [-0.2, -0.15) is 0 Å². The standard InChI is InChI=1S/C22H22N4O3/c23-18-8-4-5-9-19(18)25-21(28)20-11-10-17(14-24-20)22(29)26(12-13-27)15-16-6-2-1-3-7-16/h1-11,14,27H,12-13,15,23H2,(H,25,28). The van der Waals surface area contributed by atoms with E-state index < -0.39 is 5.91 Å². The highest BCUT2D eigenvalue weighted by atomic mass is 16.3. The molecule has 0 aliphatic rings. The van der Waals surface area contributed by atoms with E-state index >= 15 is 0 Å². The number of aliphatic hydroxyl groups excluding tert-OH is 1. The van der Waals surface area contributed by atoms with E-state index in [1.54, 1.807) is 30.3 Å². The lowest BCUT2D eigenvalue weighted by Gasteiger charge is -2.22. The highest BCUT2D eigenvalue weighted by Gasteiger charge is 2.17. The maximum Gasteiger partial charge on any atom is 0.274 e. The number of aliphatic hydroxyl groups is 1. The van der Waals surface area contributed by atoms with Gasteiger partial charge in [0.1, 0.15) is 5.69 Å². The smallest absolute Gasteiger partial charge is 0.274 e. The number of nitrogens with zero attached hydrogens (tertiary/aromatic N) is 2. The first-order valence-electron chi connectivity index (χ1n) is 9.14. The third-order valence-corrected chi connectivity index (χ3v) is 4.33. The number of carbonyl (C=O) groups is 2. The molecule has 0 bridgehead atoms. The number of hydrogen-bond acceptors (Lipinski definition) is 5. The molecule has 0 saturated carbocycles. The van der Waals surface area contributed by atoms with Crippen molar-refractivity contribution < 1.29 is 14.7 Å². The van der Waals surface area contributed by atoms with Crippen molar-refractivity contribution in [1.82, 2.24) is 9.88 Å². The largest absolute Gasteiger partial charge is 0.397 e. The van der Waals surface area contributed by atoms with E-state index in [0.29, 0.717) is 23.5 Å². The van der Waals surface area contributed by atoms with Crippen LogP contribution >= 0.6 is 0 Å². The van der Waals surface area contributed by atoms with E-state index in [0.717, 1.165) is 5.56 Å². The second-order valence-electron chi connectivity index (χ2n) is 6.41. The van der Waals surface area contributed by atoms with Crippen LogP contribution < -0.4 is 11.1 Å². The molecular formula is C22H22N4O3. The number of amides is 2. The Morgan fingerprint density at radius 1 is 1.00 bits per heavy atom. The fraction of sp³-hybridized carbons (Fsp3) is 0.136. The first-order valence-corrected chi connectivity index (χ1v) is 9.14. The van der Waals surface area contributed by atoms with Gasteiger partial charge in [0, 0.05) is 19.3 Å². The zero-order valence-corrected chi connectivity index (χ0v) is 15.8. The van der Waals surface area contributed by atoms with Crippen molar-refractivity contribution in [2.75, 3.05) is 24.2 Å². The van der Waals surface area contributed by atoms with Crippen molar-refractivity contribution in [3.05, 3.63) is 89.7 Å². The van der Waals surface area contributed by atoms with E-state index in [4.69, 9.17) is 5.73 Å². The predicted octanol–water partition coefficient (Wildman–Crippen LogP) is 2.55. The van der Waals surface area contributed by atoms with Crippen LogP contribution in [0.25, 0.3) is 0 Å². The summed E-state index contributed by atoms with van der Waals surface area (Å²) in [5, 5.41) is 12.0. The highest BCUT2D eigenvalue weighted by molar-refractivity contribution is 6.05. The quantitative estimate of drug-likeness (QED) is 0.537. The molecule has 148 valence electrons. The second-order valence-corrected chi connectivity index (χ2v) is 6.41. The van der Waals surface area contributed by atoms with Crippen LogP contribution in [0, 0.1) is 0 Å². The molecule has 2 amide bonds. The molecular weight excluding hydrogens is 368 g/mol. The molecule has 7 heteroatoms. The number of nitrogens with two attached hydrogens (primary N) is 1. The van der Waals surface area contributed by atoms with Gasteiger partial charge < -0.3 is 21.1 Å². The van der Waals surface area contributed by atoms with Crippen LogP contribution in [0.3, 0.4) is 0 Å². The minimum Gasteiger partial charge on any atom is -0.397 e.